The molecule has 0 saturated heterocycles. The van der Waals surface area contributed by atoms with Gasteiger partial charge in [-0.15, -0.1) is 11.6 Å². The maximum absolute atomic E-state index is 12.1. The van der Waals surface area contributed by atoms with E-state index in [0.717, 1.165) is 0 Å². The van der Waals surface area contributed by atoms with E-state index in [2.05, 4.69) is 4.74 Å². The maximum atomic E-state index is 12.1. The van der Waals surface area contributed by atoms with Crippen LogP contribution in [0.15, 0.2) is 18.2 Å². The zero-order valence-electron chi connectivity index (χ0n) is 9.25. The second kappa shape index (κ2) is 5.82. The molecule has 0 amide bonds. The van der Waals surface area contributed by atoms with E-state index in [-0.39, 0.29) is 17.3 Å². The standard InChI is InChI=1S/C11H11ClF2O3/c1-6(15)10(12)7-3-4-8(17-11(13)14)9(5-7)16-2/h3-5,10-11H,1-2H3. The number of hydrogen-bond acceptors (Lipinski definition) is 3. The largest absolute Gasteiger partial charge is 0.493 e. The number of hydrogen-bond donors (Lipinski definition) is 0. The maximum Gasteiger partial charge on any atom is 0.387 e. The number of rotatable bonds is 5. The van der Waals surface area contributed by atoms with Crippen LogP contribution in [0.4, 0.5) is 8.78 Å². The van der Waals surface area contributed by atoms with Gasteiger partial charge in [0.1, 0.15) is 5.38 Å². The van der Waals surface area contributed by atoms with Crippen LogP contribution in [0, 0.1) is 0 Å². The van der Waals surface area contributed by atoms with Crippen molar-refractivity contribution in [3.05, 3.63) is 23.8 Å². The predicted molar refractivity (Wildman–Crippen MR) is 58.9 cm³/mol. The molecule has 17 heavy (non-hydrogen) atoms. The van der Waals surface area contributed by atoms with Crippen LogP contribution in [-0.2, 0) is 4.79 Å². The molecule has 0 spiro atoms. The SMILES string of the molecule is COc1cc(C(Cl)C(C)=O)ccc1OC(F)F. The van der Waals surface area contributed by atoms with Gasteiger partial charge in [-0.2, -0.15) is 8.78 Å². The summed E-state index contributed by atoms with van der Waals surface area (Å²) in [5, 5.41) is -0.829. The number of ketones is 1. The molecule has 0 saturated carbocycles. The molecule has 0 N–H and O–H groups in total. The van der Waals surface area contributed by atoms with Crippen LogP contribution in [0.2, 0.25) is 0 Å². The highest BCUT2D eigenvalue weighted by atomic mass is 35.5. The predicted octanol–water partition coefficient (Wildman–Crippen LogP) is 3.17. The van der Waals surface area contributed by atoms with Crippen molar-refractivity contribution >= 4 is 17.4 Å². The van der Waals surface area contributed by atoms with Gasteiger partial charge in [0, 0.05) is 0 Å². The van der Waals surface area contributed by atoms with Gasteiger partial charge in [0.15, 0.2) is 17.3 Å². The van der Waals surface area contributed by atoms with Crippen LogP contribution in [-0.4, -0.2) is 19.5 Å². The number of carbonyl (C=O) groups excluding carboxylic acids is 1. The molecule has 0 aliphatic carbocycles. The minimum atomic E-state index is -2.94. The van der Waals surface area contributed by atoms with E-state index in [1.807, 2.05) is 0 Å². The third kappa shape index (κ3) is 3.56. The first-order valence-electron chi connectivity index (χ1n) is 4.73. The molecule has 94 valence electrons. The Balaban J connectivity index is 3.03. The zero-order valence-corrected chi connectivity index (χ0v) is 10.0. The van der Waals surface area contributed by atoms with Gasteiger partial charge in [-0.25, -0.2) is 0 Å². The third-order valence-electron chi connectivity index (χ3n) is 2.05. The minimum absolute atomic E-state index is 0.0985. The fourth-order valence-electron chi connectivity index (χ4n) is 1.27. The molecule has 6 heteroatoms. The average molecular weight is 265 g/mol. The summed E-state index contributed by atoms with van der Waals surface area (Å²) >= 11 is 5.83. The summed E-state index contributed by atoms with van der Waals surface area (Å²) in [6.07, 6.45) is 0. The number of alkyl halides is 3. The molecule has 0 radical (unpaired) electrons. The van der Waals surface area contributed by atoms with Crippen LogP contribution in [0.25, 0.3) is 0 Å². The van der Waals surface area contributed by atoms with Gasteiger partial charge in [0.25, 0.3) is 0 Å². The molecule has 0 bridgehead atoms. The minimum Gasteiger partial charge on any atom is -0.493 e. The van der Waals surface area contributed by atoms with Crippen molar-refractivity contribution in [3.8, 4) is 11.5 Å². The van der Waals surface area contributed by atoms with Crippen molar-refractivity contribution < 1.29 is 23.0 Å². The summed E-state index contributed by atoms with van der Waals surface area (Å²) in [7, 11) is 1.31. The molecule has 1 aromatic carbocycles. The lowest BCUT2D eigenvalue weighted by Gasteiger charge is -2.12. The number of halogens is 3. The van der Waals surface area contributed by atoms with Gasteiger partial charge in [0.2, 0.25) is 0 Å². The quantitative estimate of drug-likeness (QED) is 0.767. The number of methoxy groups -OCH3 is 1. The summed E-state index contributed by atoms with van der Waals surface area (Å²) in [4.78, 5) is 11.1. The Labute approximate surface area is 102 Å². The molecular formula is C11H11ClF2O3. The molecule has 0 aliphatic heterocycles. The van der Waals surface area contributed by atoms with Gasteiger partial charge in [-0.05, 0) is 24.6 Å². The molecule has 0 heterocycles. The fourth-order valence-corrected chi connectivity index (χ4v) is 1.41. The molecule has 1 aromatic rings. The molecule has 0 aliphatic rings. The van der Waals surface area contributed by atoms with Gasteiger partial charge in [-0.1, -0.05) is 6.07 Å². The summed E-state index contributed by atoms with van der Waals surface area (Å²) in [6, 6.07) is 4.13. The molecular weight excluding hydrogens is 254 g/mol. The summed E-state index contributed by atoms with van der Waals surface area (Å²) in [5.41, 5.74) is 0.470. The molecule has 0 aromatic heterocycles. The first kappa shape index (κ1) is 13.7. The highest BCUT2D eigenvalue weighted by Crippen LogP contribution is 2.33. The number of carbonyl (C=O) groups is 1. The Morgan fingerprint density at radius 2 is 2.00 bits per heavy atom. The van der Waals surface area contributed by atoms with Gasteiger partial charge in [0.05, 0.1) is 7.11 Å². The van der Waals surface area contributed by atoms with Crippen LogP contribution >= 0.6 is 11.6 Å². The first-order valence-corrected chi connectivity index (χ1v) is 5.16. The van der Waals surface area contributed by atoms with Crippen molar-refractivity contribution in [2.24, 2.45) is 0 Å². The van der Waals surface area contributed by atoms with E-state index in [9.17, 15) is 13.6 Å². The fraction of sp³-hybridized carbons (Fsp3) is 0.364. The van der Waals surface area contributed by atoms with E-state index in [1.165, 1.54) is 32.2 Å². The summed E-state index contributed by atoms with van der Waals surface area (Å²) < 4.78 is 33.3. The number of Topliss-reactive ketones (excluding diaryl/α,β-unsaturated/α-hetero) is 1. The van der Waals surface area contributed by atoms with E-state index in [0.29, 0.717) is 5.56 Å². The molecule has 1 rings (SSSR count). The van der Waals surface area contributed by atoms with Crippen molar-refractivity contribution in [2.75, 3.05) is 7.11 Å². The highest BCUT2D eigenvalue weighted by molar-refractivity contribution is 6.30. The van der Waals surface area contributed by atoms with Gasteiger partial charge < -0.3 is 9.47 Å². The lowest BCUT2D eigenvalue weighted by molar-refractivity contribution is -0.116. The van der Waals surface area contributed by atoms with E-state index in [1.54, 1.807) is 0 Å². The van der Waals surface area contributed by atoms with E-state index in [4.69, 9.17) is 16.3 Å². The van der Waals surface area contributed by atoms with Crippen molar-refractivity contribution in [3.63, 3.8) is 0 Å². The van der Waals surface area contributed by atoms with Crippen LogP contribution in [0.5, 0.6) is 11.5 Å². The Kier molecular flexibility index (Phi) is 4.69. The average Bonchev–Trinajstić information content (AvgIpc) is 2.27. The second-order valence-corrected chi connectivity index (χ2v) is 3.70. The topological polar surface area (TPSA) is 35.5 Å². The lowest BCUT2D eigenvalue weighted by Crippen LogP contribution is -2.05. The normalized spacial score (nSPS) is 12.4. The van der Waals surface area contributed by atoms with Crippen molar-refractivity contribution in [1.29, 1.82) is 0 Å². The molecule has 1 unspecified atom stereocenters. The Morgan fingerprint density at radius 1 is 1.35 bits per heavy atom. The van der Waals surface area contributed by atoms with Crippen molar-refractivity contribution in [1.82, 2.24) is 0 Å². The Bertz CT molecular complexity index is 410. The monoisotopic (exact) mass is 264 g/mol. The van der Waals surface area contributed by atoms with Gasteiger partial charge in [-0.3, -0.25) is 4.79 Å². The number of ether oxygens (including phenoxy) is 2. The van der Waals surface area contributed by atoms with Crippen molar-refractivity contribution in [2.45, 2.75) is 18.9 Å². The zero-order chi connectivity index (χ0) is 13.0. The molecule has 1 atom stereocenters. The summed E-state index contributed by atoms with van der Waals surface area (Å²) in [6.45, 7) is -1.59. The second-order valence-electron chi connectivity index (χ2n) is 3.26. The first-order chi connectivity index (χ1) is 7.95. The molecule has 0 fully saturated rings. The smallest absolute Gasteiger partial charge is 0.387 e. The Hall–Kier alpha value is -1.36. The lowest BCUT2D eigenvalue weighted by atomic mass is 10.1. The highest BCUT2D eigenvalue weighted by Gasteiger charge is 2.17. The number of benzene rings is 1. The van der Waals surface area contributed by atoms with Crippen LogP contribution < -0.4 is 9.47 Å². The summed E-state index contributed by atoms with van der Waals surface area (Å²) in [5.74, 6) is -0.232. The van der Waals surface area contributed by atoms with Gasteiger partial charge >= 0.3 is 6.61 Å². The van der Waals surface area contributed by atoms with Crippen LogP contribution in [0.3, 0.4) is 0 Å². The van der Waals surface area contributed by atoms with E-state index < -0.39 is 12.0 Å². The third-order valence-corrected chi connectivity index (χ3v) is 2.61. The van der Waals surface area contributed by atoms with Crippen LogP contribution in [0.1, 0.15) is 17.9 Å². The molecule has 3 nitrogen and oxygen atoms in total. The van der Waals surface area contributed by atoms with E-state index >= 15 is 0 Å². The Morgan fingerprint density at radius 3 is 2.47 bits per heavy atom.